The SMILES string of the molecule is COC(=O)CC(C)C(=O)Oc1cc(Cl)c(C=O)o1. The molecule has 0 aromatic carbocycles. The number of hydrogen-bond acceptors (Lipinski definition) is 6. The predicted molar refractivity (Wildman–Crippen MR) is 60.5 cm³/mol. The first-order chi connectivity index (χ1) is 8.47. The van der Waals surface area contributed by atoms with E-state index in [9.17, 15) is 14.4 Å². The van der Waals surface area contributed by atoms with Crippen LogP contribution in [-0.2, 0) is 14.3 Å². The Bertz CT molecular complexity index is 464. The number of esters is 2. The van der Waals surface area contributed by atoms with Gasteiger partial charge in [0.05, 0.1) is 24.5 Å². The first-order valence-corrected chi connectivity index (χ1v) is 5.38. The van der Waals surface area contributed by atoms with Crippen molar-refractivity contribution in [3.63, 3.8) is 0 Å². The van der Waals surface area contributed by atoms with E-state index in [2.05, 4.69) is 4.74 Å². The van der Waals surface area contributed by atoms with Gasteiger partial charge in [-0.2, -0.15) is 0 Å². The number of furan rings is 1. The summed E-state index contributed by atoms with van der Waals surface area (Å²) in [6.45, 7) is 1.50. The maximum absolute atomic E-state index is 11.6. The minimum atomic E-state index is -0.694. The van der Waals surface area contributed by atoms with Gasteiger partial charge in [0.2, 0.25) is 0 Å². The van der Waals surface area contributed by atoms with Crippen LogP contribution in [0.1, 0.15) is 23.9 Å². The average molecular weight is 275 g/mol. The zero-order valence-electron chi connectivity index (χ0n) is 9.77. The third-order valence-corrected chi connectivity index (χ3v) is 2.40. The lowest BCUT2D eigenvalue weighted by atomic mass is 10.1. The van der Waals surface area contributed by atoms with E-state index < -0.39 is 17.9 Å². The molecule has 0 saturated carbocycles. The van der Waals surface area contributed by atoms with Gasteiger partial charge >= 0.3 is 11.9 Å². The van der Waals surface area contributed by atoms with Gasteiger partial charge in [-0.1, -0.05) is 18.5 Å². The van der Waals surface area contributed by atoms with Crippen LogP contribution < -0.4 is 4.74 Å². The molecule has 1 heterocycles. The summed E-state index contributed by atoms with van der Waals surface area (Å²) >= 11 is 5.62. The van der Waals surface area contributed by atoms with Crippen molar-refractivity contribution < 1.29 is 28.3 Å². The Morgan fingerprint density at radius 3 is 2.72 bits per heavy atom. The molecule has 0 aliphatic carbocycles. The Labute approximate surface area is 108 Å². The summed E-state index contributed by atoms with van der Waals surface area (Å²) in [4.78, 5) is 33.0. The van der Waals surface area contributed by atoms with Crippen molar-refractivity contribution in [1.29, 1.82) is 0 Å². The molecule has 1 rings (SSSR count). The van der Waals surface area contributed by atoms with Crippen LogP contribution in [0.25, 0.3) is 0 Å². The lowest BCUT2D eigenvalue weighted by Crippen LogP contribution is -2.21. The van der Waals surface area contributed by atoms with Crippen molar-refractivity contribution >= 4 is 29.8 Å². The topological polar surface area (TPSA) is 82.8 Å². The van der Waals surface area contributed by atoms with E-state index in [1.54, 1.807) is 0 Å². The minimum Gasteiger partial charge on any atom is -0.469 e. The van der Waals surface area contributed by atoms with Crippen LogP contribution in [0, 0.1) is 5.92 Å². The quantitative estimate of drug-likeness (QED) is 0.602. The van der Waals surface area contributed by atoms with Crippen LogP contribution in [0.15, 0.2) is 10.5 Å². The fourth-order valence-electron chi connectivity index (χ4n) is 1.11. The minimum absolute atomic E-state index is 0.0495. The summed E-state index contributed by atoms with van der Waals surface area (Å²) < 4.78 is 14.1. The smallest absolute Gasteiger partial charge is 0.317 e. The van der Waals surface area contributed by atoms with Crippen LogP contribution in [0.5, 0.6) is 5.95 Å². The highest BCUT2D eigenvalue weighted by atomic mass is 35.5. The molecule has 0 aliphatic rings. The summed E-state index contributed by atoms with van der Waals surface area (Å²) in [5.41, 5.74) is 0. The number of carbonyl (C=O) groups excluding carboxylic acids is 3. The summed E-state index contributed by atoms with van der Waals surface area (Å²) in [5.74, 6) is -2.21. The zero-order valence-corrected chi connectivity index (χ0v) is 10.5. The Morgan fingerprint density at radius 1 is 1.56 bits per heavy atom. The molecule has 1 aromatic heterocycles. The molecule has 98 valence electrons. The van der Waals surface area contributed by atoms with E-state index in [0.29, 0.717) is 6.29 Å². The van der Waals surface area contributed by atoms with Gasteiger partial charge in [0.15, 0.2) is 12.0 Å². The van der Waals surface area contributed by atoms with Crippen molar-refractivity contribution in [1.82, 2.24) is 0 Å². The van der Waals surface area contributed by atoms with E-state index in [4.69, 9.17) is 20.8 Å². The molecular weight excluding hydrogens is 264 g/mol. The molecule has 0 bridgehead atoms. The maximum Gasteiger partial charge on any atom is 0.317 e. The third-order valence-electron chi connectivity index (χ3n) is 2.10. The number of halogens is 1. The van der Waals surface area contributed by atoms with Crippen LogP contribution in [0.4, 0.5) is 0 Å². The largest absolute Gasteiger partial charge is 0.469 e. The van der Waals surface area contributed by atoms with Crippen molar-refractivity contribution in [2.24, 2.45) is 5.92 Å². The van der Waals surface area contributed by atoms with Crippen molar-refractivity contribution in [3.05, 3.63) is 16.8 Å². The standard InChI is InChI=1S/C11H11ClO6/c1-6(3-9(14)16-2)11(15)18-10-4-7(12)8(5-13)17-10/h4-6H,3H2,1-2H3. The van der Waals surface area contributed by atoms with Gasteiger partial charge in [0, 0.05) is 6.07 Å². The molecule has 0 N–H and O–H groups in total. The fraction of sp³-hybridized carbons (Fsp3) is 0.364. The Balaban J connectivity index is 2.63. The molecule has 0 aliphatic heterocycles. The molecule has 1 unspecified atom stereocenters. The van der Waals surface area contributed by atoms with Gasteiger partial charge < -0.3 is 13.9 Å². The monoisotopic (exact) mass is 274 g/mol. The van der Waals surface area contributed by atoms with E-state index in [0.717, 1.165) is 0 Å². The van der Waals surface area contributed by atoms with Crippen molar-refractivity contribution in [2.45, 2.75) is 13.3 Å². The van der Waals surface area contributed by atoms with Crippen molar-refractivity contribution in [2.75, 3.05) is 7.11 Å². The molecule has 0 saturated heterocycles. The summed E-state index contributed by atoms with van der Waals surface area (Å²) in [6.07, 6.45) is 0.294. The van der Waals surface area contributed by atoms with E-state index >= 15 is 0 Å². The predicted octanol–water partition coefficient (Wildman–Crippen LogP) is 1.85. The number of methoxy groups -OCH3 is 1. The normalized spacial score (nSPS) is 11.7. The van der Waals surface area contributed by atoms with Gasteiger partial charge in [0.1, 0.15) is 0 Å². The van der Waals surface area contributed by atoms with Crippen LogP contribution in [0.3, 0.4) is 0 Å². The van der Waals surface area contributed by atoms with Crippen LogP contribution in [-0.4, -0.2) is 25.3 Å². The third kappa shape index (κ3) is 3.59. The van der Waals surface area contributed by atoms with Gasteiger partial charge in [-0.25, -0.2) is 0 Å². The van der Waals surface area contributed by atoms with Gasteiger partial charge in [-0.3, -0.25) is 14.4 Å². The average Bonchev–Trinajstić information content (AvgIpc) is 2.68. The Morgan fingerprint density at radius 2 is 2.22 bits per heavy atom. The number of ether oxygens (including phenoxy) is 2. The lowest BCUT2D eigenvalue weighted by Gasteiger charge is -2.07. The highest BCUT2D eigenvalue weighted by Crippen LogP contribution is 2.25. The lowest BCUT2D eigenvalue weighted by molar-refractivity contribution is -0.148. The first-order valence-electron chi connectivity index (χ1n) is 5.01. The molecular formula is C11H11ClO6. The fourth-order valence-corrected chi connectivity index (χ4v) is 1.28. The number of hydrogen-bond donors (Lipinski definition) is 0. The summed E-state index contributed by atoms with van der Waals surface area (Å²) in [5, 5.41) is 0.0495. The van der Waals surface area contributed by atoms with Gasteiger partial charge in [0.25, 0.3) is 5.95 Å². The molecule has 0 radical (unpaired) electrons. The Hall–Kier alpha value is -1.82. The molecule has 7 heteroatoms. The second-order valence-corrected chi connectivity index (χ2v) is 3.91. The summed E-state index contributed by atoms with van der Waals surface area (Å²) in [6, 6.07) is 1.20. The molecule has 18 heavy (non-hydrogen) atoms. The van der Waals surface area contributed by atoms with Crippen LogP contribution in [0.2, 0.25) is 5.02 Å². The molecule has 0 fully saturated rings. The van der Waals surface area contributed by atoms with Crippen molar-refractivity contribution in [3.8, 4) is 5.95 Å². The van der Waals surface area contributed by atoms with Gasteiger partial charge in [-0.05, 0) is 0 Å². The second-order valence-electron chi connectivity index (χ2n) is 3.50. The molecule has 0 amide bonds. The highest BCUT2D eigenvalue weighted by molar-refractivity contribution is 6.32. The second kappa shape index (κ2) is 6.20. The zero-order chi connectivity index (χ0) is 13.7. The molecule has 1 aromatic rings. The van der Waals surface area contributed by atoms with Crippen LogP contribution >= 0.6 is 11.6 Å². The van der Waals surface area contributed by atoms with E-state index in [-0.39, 0.29) is 23.2 Å². The first kappa shape index (κ1) is 14.2. The highest BCUT2D eigenvalue weighted by Gasteiger charge is 2.21. The number of rotatable bonds is 5. The number of carbonyl (C=O) groups is 3. The molecule has 1 atom stereocenters. The van der Waals surface area contributed by atoms with E-state index in [1.807, 2.05) is 0 Å². The molecule has 6 nitrogen and oxygen atoms in total. The number of aldehydes is 1. The van der Waals surface area contributed by atoms with Gasteiger partial charge in [-0.15, -0.1) is 0 Å². The maximum atomic E-state index is 11.6. The van der Waals surface area contributed by atoms with E-state index in [1.165, 1.54) is 20.1 Å². The molecule has 0 spiro atoms. The Kier molecular flexibility index (Phi) is 4.91. The summed E-state index contributed by atoms with van der Waals surface area (Å²) in [7, 11) is 1.23.